The number of thiocarbonyl (C=S) groups is 1. The predicted molar refractivity (Wildman–Crippen MR) is 107 cm³/mol. The first-order chi connectivity index (χ1) is 12.0. The van der Waals surface area contributed by atoms with E-state index < -0.39 is 0 Å². The Morgan fingerprint density at radius 1 is 0.960 bits per heavy atom. The van der Waals surface area contributed by atoms with E-state index in [0.29, 0.717) is 15.2 Å². The summed E-state index contributed by atoms with van der Waals surface area (Å²) in [6, 6.07) is 14.1. The summed E-state index contributed by atoms with van der Waals surface area (Å²) < 4.78 is 0. The van der Waals surface area contributed by atoms with E-state index >= 15 is 0 Å². The third kappa shape index (κ3) is 4.63. The van der Waals surface area contributed by atoms with Crippen LogP contribution in [0.25, 0.3) is 0 Å². The largest absolute Gasteiger partial charge is 0.337 e. The second kappa shape index (κ2) is 8.04. The van der Waals surface area contributed by atoms with Gasteiger partial charge in [0.05, 0.1) is 0 Å². The van der Waals surface area contributed by atoms with Crippen LogP contribution in [-0.4, -0.2) is 28.5 Å². The number of nitrogens with zero attached hydrogens (tertiary/aromatic N) is 1. The molecule has 2 aromatic rings. The van der Waals surface area contributed by atoms with E-state index in [4.69, 9.17) is 35.4 Å². The van der Waals surface area contributed by atoms with Gasteiger partial charge in [-0.25, -0.2) is 0 Å². The van der Waals surface area contributed by atoms with Crippen LogP contribution in [0.4, 0.5) is 11.4 Å². The van der Waals surface area contributed by atoms with Crippen molar-refractivity contribution in [3.05, 3.63) is 58.6 Å². The van der Waals surface area contributed by atoms with Gasteiger partial charge in [0.15, 0.2) is 5.11 Å². The SMILES string of the molecule is O=C(Nc1ccc(Cl)cc1)[C@@H]1CCCN1C(=S)Nc1ccc(Cl)cc1. The maximum absolute atomic E-state index is 12.6. The minimum absolute atomic E-state index is 0.0694. The molecule has 0 aliphatic carbocycles. The molecular formula is C18H17Cl2N3OS. The number of benzene rings is 2. The summed E-state index contributed by atoms with van der Waals surface area (Å²) in [5.41, 5.74) is 1.57. The molecule has 0 unspecified atom stereocenters. The quantitative estimate of drug-likeness (QED) is 0.735. The molecule has 1 heterocycles. The maximum atomic E-state index is 12.6. The van der Waals surface area contributed by atoms with Crippen LogP contribution in [0.15, 0.2) is 48.5 Å². The zero-order valence-corrected chi connectivity index (χ0v) is 15.7. The van der Waals surface area contributed by atoms with Gasteiger partial charge in [-0.05, 0) is 73.6 Å². The van der Waals surface area contributed by atoms with E-state index in [2.05, 4.69) is 10.6 Å². The Kier molecular flexibility index (Phi) is 5.78. The molecule has 4 nitrogen and oxygen atoms in total. The Morgan fingerprint density at radius 2 is 1.48 bits per heavy atom. The number of likely N-dealkylation sites (tertiary alicyclic amines) is 1. The normalized spacial score (nSPS) is 16.6. The van der Waals surface area contributed by atoms with Crippen molar-refractivity contribution in [1.82, 2.24) is 4.90 Å². The summed E-state index contributed by atoms with van der Waals surface area (Å²) in [6.07, 6.45) is 1.68. The van der Waals surface area contributed by atoms with Crippen molar-refractivity contribution in [2.24, 2.45) is 0 Å². The van der Waals surface area contributed by atoms with Crippen LogP contribution in [0.1, 0.15) is 12.8 Å². The fourth-order valence-corrected chi connectivity index (χ4v) is 3.36. The Hall–Kier alpha value is -1.82. The van der Waals surface area contributed by atoms with Crippen LogP contribution in [0.2, 0.25) is 10.0 Å². The van der Waals surface area contributed by atoms with Crippen molar-refractivity contribution in [2.45, 2.75) is 18.9 Å². The standard InChI is InChI=1S/C18H17Cl2N3OS/c19-12-3-7-14(8-4-12)21-17(24)16-2-1-11-23(16)18(25)22-15-9-5-13(20)6-10-15/h3-10,16H,1-2,11H2,(H,21,24)(H,22,25)/t16-/m0/s1. The van der Waals surface area contributed by atoms with Crippen molar-refractivity contribution in [2.75, 3.05) is 17.2 Å². The Bertz CT molecular complexity index is 699. The molecule has 1 atom stereocenters. The number of anilines is 2. The van der Waals surface area contributed by atoms with Crippen LogP contribution in [0.5, 0.6) is 0 Å². The molecule has 0 spiro atoms. The van der Waals surface area contributed by atoms with E-state index in [1.54, 1.807) is 36.4 Å². The van der Waals surface area contributed by atoms with Gasteiger partial charge in [-0.1, -0.05) is 23.2 Å². The van der Waals surface area contributed by atoms with Crippen molar-refractivity contribution < 1.29 is 4.79 Å². The van der Waals surface area contributed by atoms with Crippen molar-refractivity contribution in [1.29, 1.82) is 0 Å². The molecule has 1 aliphatic heterocycles. The molecule has 2 aromatic carbocycles. The fourth-order valence-electron chi connectivity index (χ4n) is 2.77. The monoisotopic (exact) mass is 393 g/mol. The second-order valence-electron chi connectivity index (χ2n) is 5.78. The van der Waals surface area contributed by atoms with Crippen LogP contribution in [0, 0.1) is 0 Å². The van der Waals surface area contributed by atoms with Crippen LogP contribution < -0.4 is 10.6 Å². The van der Waals surface area contributed by atoms with Crippen molar-refractivity contribution >= 4 is 57.8 Å². The third-order valence-electron chi connectivity index (χ3n) is 4.02. The summed E-state index contributed by atoms with van der Waals surface area (Å²) in [4.78, 5) is 14.5. The molecular weight excluding hydrogens is 377 g/mol. The molecule has 0 bridgehead atoms. The molecule has 0 radical (unpaired) electrons. The highest BCUT2D eigenvalue weighted by Crippen LogP contribution is 2.22. The summed E-state index contributed by atoms with van der Waals surface area (Å²) in [5, 5.41) is 7.93. The second-order valence-corrected chi connectivity index (χ2v) is 7.04. The van der Waals surface area contributed by atoms with Gasteiger partial charge < -0.3 is 15.5 Å². The molecule has 130 valence electrons. The highest BCUT2D eigenvalue weighted by Gasteiger charge is 2.32. The zero-order chi connectivity index (χ0) is 17.8. The number of carbonyl (C=O) groups excluding carboxylic acids is 1. The Morgan fingerprint density at radius 3 is 2.04 bits per heavy atom. The molecule has 7 heteroatoms. The summed E-state index contributed by atoms with van der Waals surface area (Å²) in [6.45, 7) is 0.748. The van der Waals surface area contributed by atoms with Gasteiger partial charge in [-0.2, -0.15) is 0 Å². The van der Waals surface area contributed by atoms with Gasteiger partial charge in [-0.3, -0.25) is 4.79 Å². The molecule has 0 saturated carbocycles. The first-order valence-corrected chi connectivity index (χ1v) is 9.09. The number of hydrogen-bond acceptors (Lipinski definition) is 2. The number of carbonyl (C=O) groups is 1. The van der Waals surface area contributed by atoms with Crippen molar-refractivity contribution in [3.63, 3.8) is 0 Å². The Labute approximate surface area is 162 Å². The van der Waals surface area contributed by atoms with E-state index in [-0.39, 0.29) is 11.9 Å². The highest BCUT2D eigenvalue weighted by molar-refractivity contribution is 7.80. The summed E-state index contributed by atoms with van der Waals surface area (Å²) >= 11 is 17.3. The molecule has 0 aromatic heterocycles. The van der Waals surface area contributed by atoms with E-state index in [0.717, 1.165) is 30.8 Å². The van der Waals surface area contributed by atoms with Gasteiger partial charge in [0, 0.05) is 28.0 Å². The summed E-state index contributed by atoms with van der Waals surface area (Å²) in [7, 11) is 0. The number of rotatable bonds is 3. The lowest BCUT2D eigenvalue weighted by molar-refractivity contribution is -0.119. The minimum atomic E-state index is -0.289. The number of nitrogens with one attached hydrogen (secondary N) is 2. The van der Waals surface area contributed by atoms with Crippen LogP contribution >= 0.6 is 35.4 Å². The third-order valence-corrected chi connectivity index (χ3v) is 4.86. The first kappa shape index (κ1) is 18.0. The highest BCUT2D eigenvalue weighted by atomic mass is 35.5. The average Bonchev–Trinajstić information content (AvgIpc) is 3.09. The molecule has 1 fully saturated rings. The maximum Gasteiger partial charge on any atom is 0.247 e. The molecule has 2 N–H and O–H groups in total. The lowest BCUT2D eigenvalue weighted by atomic mass is 10.2. The fraction of sp³-hybridized carbons (Fsp3) is 0.222. The van der Waals surface area contributed by atoms with E-state index in [1.807, 2.05) is 17.0 Å². The van der Waals surface area contributed by atoms with Crippen LogP contribution in [0.3, 0.4) is 0 Å². The number of amides is 1. The topological polar surface area (TPSA) is 44.4 Å². The van der Waals surface area contributed by atoms with Gasteiger partial charge >= 0.3 is 0 Å². The van der Waals surface area contributed by atoms with E-state index in [1.165, 1.54) is 0 Å². The van der Waals surface area contributed by atoms with Gasteiger partial charge in [0.2, 0.25) is 5.91 Å². The number of hydrogen-bond donors (Lipinski definition) is 2. The minimum Gasteiger partial charge on any atom is -0.337 e. The first-order valence-electron chi connectivity index (χ1n) is 7.92. The van der Waals surface area contributed by atoms with E-state index in [9.17, 15) is 4.79 Å². The smallest absolute Gasteiger partial charge is 0.247 e. The molecule has 3 rings (SSSR count). The lowest BCUT2D eigenvalue weighted by Gasteiger charge is -2.27. The molecule has 1 aliphatic rings. The molecule has 25 heavy (non-hydrogen) atoms. The van der Waals surface area contributed by atoms with Gasteiger partial charge in [0.25, 0.3) is 0 Å². The average molecular weight is 394 g/mol. The van der Waals surface area contributed by atoms with Gasteiger partial charge in [-0.15, -0.1) is 0 Å². The van der Waals surface area contributed by atoms with Gasteiger partial charge in [0.1, 0.15) is 6.04 Å². The summed E-state index contributed by atoms with van der Waals surface area (Å²) in [5.74, 6) is -0.0694. The number of halogens is 2. The van der Waals surface area contributed by atoms with Crippen LogP contribution in [-0.2, 0) is 4.79 Å². The predicted octanol–water partition coefficient (Wildman–Crippen LogP) is 4.79. The lowest BCUT2D eigenvalue weighted by Crippen LogP contribution is -2.45. The Balaban J connectivity index is 1.64. The zero-order valence-electron chi connectivity index (χ0n) is 13.3. The molecule has 1 amide bonds. The van der Waals surface area contributed by atoms with Crippen molar-refractivity contribution in [3.8, 4) is 0 Å². The molecule has 1 saturated heterocycles.